The van der Waals surface area contributed by atoms with Gasteiger partial charge in [-0.05, 0) is 19.3 Å². The maximum absolute atomic E-state index is 11.4. The van der Waals surface area contributed by atoms with Gasteiger partial charge in [0.25, 0.3) is 0 Å². The van der Waals surface area contributed by atoms with Crippen LogP contribution in [-0.2, 0) is 9.59 Å². The van der Waals surface area contributed by atoms with Crippen molar-refractivity contribution in [3.63, 3.8) is 0 Å². The molecule has 0 atom stereocenters. The normalized spacial score (nSPS) is 15.0. The minimum atomic E-state index is -0.0313. The Morgan fingerprint density at radius 1 is 1.43 bits per heavy atom. The monoisotopic (exact) mass is 198 g/mol. The molecule has 1 aliphatic carbocycles. The third kappa shape index (κ3) is 3.77. The van der Waals surface area contributed by atoms with Gasteiger partial charge in [0.15, 0.2) is 0 Å². The number of rotatable bonds is 5. The number of hydrogen-bond donors (Lipinski definition) is 1. The average Bonchev–Trinajstić information content (AvgIpc) is 2.87. The summed E-state index contributed by atoms with van der Waals surface area (Å²) in [6.45, 7) is 4.36. The van der Waals surface area contributed by atoms with Crippen molar-refractivity contribution in [1.29, 1.82) is 0 Å². The van der Waals surface area contributed by atoms with Gasteiger partial charge in [0.1, 0.15) is 0 Å². The van der Waals surface area contributed by atoms with Gasteiger partial charge in [-0.2, -0.15) is 0 Å². The van der Waals surface area contributed by atoms with Crippen molar-refractivity contribution in [2.24, 2.45) is 0 Å². The zero-order valence-corrected chi connectivity index (χ0v) is 8.88. The molecule has 0 spiro atoms. The summed E-state index contributed by atoms with van der Waals surface area (Å²) in [7, 11) is 0. The first-order valence-electron chi connectivity index (χ1n) is 5.18. The molecule has 1 rings (SSSR count). The zero-order valence-electron chi connectivity index (χ0n) is 8.88. The van der Waals surface area contributed by atoms with Gasteiger partial charge in [-0.15, -0.1) is 0 Å². The van der Waals surface area contributed by atoms with Crippen LogP contribution in [0.1, 0.15) is 33.1 Å². The molecule has 1 N–H and O–H groups in total. The summed E-state index contributed by atoms with van der Waals surface area (Å²) in [5, 5.41) is 2.86. The Labute approximate surface area is 84.7 Å². The van der Waals surface area contributed by atoms with Crippen LogP contribution in [0.5, 0.6) is 0 Å². The summed E-state index contributed by atoms with van der Waals surface area (Å²) in [4.78, 5) is 24.1. The fourth-order valence-electron chi connectivity index (χ4n) is 1.29. The lowest BCUT2D eigenvalue weighted by Gasteiger charge is -2.19. The van der Waals surface area contributed by atoms with Crippen LogP contribution in [0.2, 0.25) is 0 Å². The molecule has 80 valence electrons. The average molecular weight is 198 g/mol. The molecule has 0 aromatic carbocycles. The molecular weight excluding hydrogens is 180 g/mol. The van der Waals surface area contributed by atoms with Crippen molar-refractivity contribution in [1.82, 2.24) is 10.2 Å². The van der Waals surface area contributed by atoms with Crippen LogP contribution in [0, 0.1) is 0 Å². The molecule has 0 saturated heterocycles. The second-order valence-electron chi connectivity index (χ2n) is 3.78. The molecule has 0 aromatic heterocycles. The third-order valence-electron chi connectivity index (χ3n) is 2.22. The Balaban J connectivity index is 2.29. The molecule has 1 saturated carbocycles. The lowest BCUT2D eigenvalue weighted by Crippen LogP contribution is -2.40. The van der Waals surface area contributed by atoms with Crippen molar-refractivity contribution in [3.05, 3.63) is 0 Å². The van der Waals surface area contributed by atoms with E-state index < -0.39 is 0 Å². The van der Waals surface area contributed by atoms with E-state index in [1.165, 1.54) is 6.92 Å². The van der Waals surface area contributed by atoms with Crippen molar-refractivity contribution in [2.75, 3.05) is 13.1 Å². The second-order valence-corrected chi connectivity index (χ2v) is 3.78. The molecule has 0 unspecified atom stereocenters. The molecule has 0 aromatic rings. The van der Waals surface area contributed by atoms with Gasteiger partial charge in [-0.1, -0.05) is 6.92 Å². The highest BCUT2D eigenvalue weighted by molar-refractivity contribution is 5.84. The molecule has 0 radical (unpaired) electrons. The van der Waals surface area contributed by atoms with E-state index in [0.717, 1.165) is 19.3 Å². The molecule has 0 bridgehead atoms. The fraction of sp³-hybridized carbons (Fsp3) is 0.800. The number of amides is 2. The summed E-state index contributed by atoms with van der Waals surface area (Å²) in [6, 6.07) is 0.373. The Hall–Kier alpha value is -1.06. The highest BCUT2D eigenvalue weighted by atomic mass is 16.2. The number of carbonyl (C=O) groups excluding carboxylic acids is 2. The summed E-state index contributed by atoms with van der Waals surface area (Å²) in [5.74, 6) is -0.0612. The summed E-state index contributed by atoms with van der Waals surface area (Å²) in [6.07, 6.45) is 3.05. The maximum atomic E-state index is 11.4. The Bertz CT molecular complexity index is 224. The van der Waals surface area contributed by atoms with Gasteiger partial charge < -0.3 is 10.2 Å². The van der Waals surface area contributed by atoms with Crippen molar-refractivity contribution in [2.45, 2.75) is 39.2 Å². The van der Waals surface area contributed by atoms with Crippen LogP contribution in [0.15, 0.2) is 0 Å². The van der Waals surface area contributed by atoms with Crippen molar-refractivity contribution >= 4 is 11.8 Å². The summed E-state index contributed by atoms with van der Waals surface area (Å²) >= 11 is 0. The minimum Gasteiger partial charge on any atom is -0.352 e. The van der Waals surface area contributed by atoms with Crippen LogP contribution in [0.4, 0.5) is 0 Å². The summed E-state index contributed by atoms with van der Waals surface area (Å²) < 4.78 is 0. The van der Waals surface area contributed by atoms with Crippen molar-refractivity contribution < 1.29 is 9.59 Å². The first-order chi connectivity index (χ1) is 6.63. The minimum absolute atomic E-state index is 0.0298. The lowest BCUT2D eigenvalue weighted by atomic mass is 10.4. The predicted molar refractivity (Wildman–Crippen MR) is 53.7 cm³/mol. The molecule has 4 heteroatoms. The van der Waals surface area contributed by atoms with Crippen molar-refractivity contribution in [3.8, 4) is 0 Å². The van der Waals surface area contributed by atoms with E-state index in [9.17, 15) is 9.59 Å². The number of nitrogens with one attached hydrogen (secondary N) is 1. The topological polar surface area (TPSA) is 49.4 Å². The van der Waals surface area contributed by atoms with Crippen LogP contribution in [0.3, 0.4) is 0 Å². The van der Waals surface area contributed by atoms with E-state index in [-0.39, 0.29) is 18.4 Å². The SMILES string of the molecule is CCCN(CC(=O)NC1CC1)C(C)=O. The highest BCUT2D eigenvalue weighted by Gasteiger charge is 2.24. The van der Waals surface area contributed by atoms with E-state index >= 15 is 0 Å². The second kappa shape index (κ2) is 4.98. The standard InChI is InChI=1S/C10H18N2O2/c1-3-6-12(8(2)13)7-10(14)11-9-4-5-9/h9H,3-7H2,1-2H3,(H,11,14). The molecular formula is C10H18N2O2. The predicted octanol–water partition coefficient (Wildman–Crippen LogP) is 0.523. The van der Waals surface area contributed by atoms with Gasteiger partial charge in [0, 0.05) is 19.5 Å². The molecule has 1 aliphatic rings. The van der Waals surface area contributed by atoms with E-state index in [1.807, 2.05) is 6.92 Å². The molecule has 1 fully saturated rings. The van der Waals surface area contributed by atoms with Crippen LogP contribution in [-0.4, -0.2) is 35.8 Å². The first-order valence-corrected chi connectivity index (χ1v) is 5.18. The van der Waals surface area contributed by atoms with E-state index in [0.29, 0.717) is 12.6 Å². The highest BCUT2D eigenvalue weighted by Crippen LogP contribution is 2.18. The third-order valence-corrected chi connectivity index (χ3v) is 2.22. The molecule has 2 amide bonds. The zero-order chi connectivity index (χ0) is 10.6. The Morgan fingerprint density at radius 3 is 2.50 bits per heavy atom. The fourth-order valence-corrected chi connectivity index (χ4v) is 1.29. The Morgan fingerprint density at radius 2 is 2.07 bits per heavy atom. The van der Waals surface area contributed by atoms with E-state index in [4.69, 9.17) is 0 Å². The van der Waals surface area contributed by atoms with Crippen LogP contribution < -0.4 is 5.32 Å². The smallest absolute Gasteiger partial charge is 0.239 e. The van der Waals surface area contributed by atoms with Crippen LogP contribution >= 0.6 is 0 Å². The van der Waals surface area contributed by atoms with Crippen LogP contribution in [0.25, 0.3) is 0 Å². The van der Waals surface area contributed by atoms with Gasteiger partial charge in [0.05, 0.1) is 6.54 Å². The van der Waals surface area contributed by atoms with Gasteiger partial charge in [-0.25, -0.2) is 0 Å². The summed E-state index contributed by atoms with van der Waals surface area (Å²) in [5.41, 5.74) is 0. The van der Waals surface area contributed by atoms with Gasteiger partial charge in [-0.3, -0.25) is 9.59 Å². The number of carbonyl (C=O) groups is 2. The molecule has 0 heterocycles. The largest absolute Gasteiger partial charge is 0.352 e. The maximum Gasteiger partial charge on any atom is 0.239 e. The van der Waals surface area contributed by atoms with E-state index in [1.54, 1.807) is 4.90 Å². The van der Waals surface area contributed by atoms with Gasteiger partial charge >= 0.3 is 0 Å². The van der Waals surface area contributed by atoms with Gasteiger partial charge in [0.2, 0.25) is 11.8 Å². The number of nitrogens with zero attached hydrogens (tertiary/aromatic N) is 1. The first kappa shape index (κ1) is 11.0. The molecule has 14 heavy (non-hydrogen) atoms. The molecule has 4 nitrogen and oxygen atoms in total. The Kier molecular flexibility index (Phi) is 3.92. The van der Waals surface area contributed by atoms with E-state index in [2.05, 4.69) is 5.32 Å². The lowest BCUT2D eigenvalue weighted by molar-refractivity contribution is -0.134. The number of hydrogen-bond acceptors (Lipinski definition) is 2. The molecule has 0 aliphatic heterocycles. The quantitative estimate of drug-likeness (QED) is 0.700.